The summed E-state index contributed by atoms with van der Waals surface area (Å²) in [5.41, 5.74) is 1.27. The fraction of sp³-hybridized carbons (Fsp3) is 0.370. The summed E-state index contributed by atoms with van der Waals surface area (Å²) in [5, 5.41) is 2.59. The number of anilines is 2. The SMILES string of the molecule is CCOC(=O)c1ccc(NC(=O)COC(=O)c2cccc(N3C(=O)[C@@H]4[C@H]5CC[C@@H](C5)[C@@H]4C3=O)c2)cc1. The van der Waals surface area contributed by atoms with Crippen LogP contribution in [-0.2, 0) is 23.9 Å². The molecule has 4 atom stereocenters. The molecule has 5 rings (SSSR count). The zero-order valence-corrected chi connectivity index (χ0v) is 19.8. The lowest BCUT2D eigenvalue weighted by molar-refractivity contribution is -0.123. The van der Waals surface area contributed by atoms with Gasteiger partial charge in [0.05, 0.1) is 35.3 Å². The van der Waals surface area contributed by atoms with Crippen LogP contribution in [0.4, 0.5) is 11.4 Å². The van der Waals surface area contributed by atoms with Gasteiger partial charge in [0.2, 0.25) is 11.8 Å². The zero-order valence-electron chi connectivity index (χ0n) is 19.8. The molecule has 2 saturated carbocycles. The van der Waals surface area contributed by atoms with Crippen molar-refractivity contribution < 1.29 is 33.4 Å². The molecule has 9 heteroatoms. The molecule has 0 radical (unpaired) electrons. The highest BCUT2D eigenvalue weighted by Crippen LogP contribution is 2.56. The molecular weight excluding hydrogens is 464 g/mol. The molecule has 0 aromatic heterocycles. The van der Waals surface area contributed by atoms with Crippen molar-refractivity contribution in [1.29, 1.82) is 0 Å². The predicted octanol–water partition coefficient (Wildman–Crippen LogP) is 3.19. The van der Waals surface area contributed by atoms with Gasteiger partial charge >= 0.3 is 11.9 Å². The maximum absolute atomic E-state index is 13.1. The van der Waals surface area contributed by atoms with Crippen LogP contribution in [0.3, 0.4) is 0 Å². The average Bonchev–Trinajstić information content (AvgIpc) is 3.56. The van der Waals surface area contributed by atoms with Crippen LogP contribution >= 0.6 is 0 Å². The number of esters is 2. The first-order valence-electron chi connectivity index (χ1n) is 12.1. The minimum atomic E-state index is -0.746. The number of fused-ring (bicyclic) bond motifs is 5. The standard InChI is InChI=1S/C27H26N2O7/c1-2-35-26(33)15-8-10-19(11-9-15)28-21(30)14-36-27(34)18-4-3-5-20(13-18)29-24(31)22-16-6-7-17(12-16)23(22)25(29)32/h3-5,8-11,13,16-17,22-23H,2,6-7,12,14H2,1H3,(H,28,30)/t16-,17-,22-,23+/m0/s1. The summed E-state index contributed by atoms with van der Waals surface area (Å²) in [5.74, 6) is -2.08. The summed E-state index contributed by atoms with van der Waals surface area (Å²) in [6.07, 6.45) is 2.93. The Kier molecular flexibility index (Phi) is 6.30. The summed E-state index contributed by atoms with van der Waals surface area (Å²) >= 11 is 0. The summed E-state index contributed by atoms with van der Waals surface area (Å²) in [6, 6.07) is 12.3. The minimum Gasteiger partial charge on any atom is -0.462 e. The van der Waals surface area contributed by atoms with E-state index in [1.807, 2.05) is 0 Å². The number of benzene rings is 2. The van der Waals surface area contributed by atoms with Crippen molar-refractivity contribution in [3.8, 4) is 0 Å². The lowest BCUT2D eigenvalue weighted by Crippen LogP contribution is -2.32. The third-order valence-corrected chi connectivity index (χ3v) is 7.28. The second kappa shape index (κ2) is 9.56. The van der Waals surface area contributed by atoms with Gasteiger partial charge in [0, 0.05) is 5.69 Å². The Balaban J connectivity index is 1.19. The van der Waals surface area contributed by atoms with Gasteiger partial charge in [0.1, 0.15) is 0 Å². The molecule has 2 aromatic rings. The molecule has 0 spiro atoms. The highest BCUT2D eigenvalue weighted by Gasteiger charge is 2.61. The monoisotopic (exact) mass is 490 g/mol. The van der Waals surface area contributed by atoms with Crippen LogP contribution in [0.15, 0.2) is 48.5 Å². The van der Waals surface area contributed by atoms with Crippen LogP contribution < -0.4 is 10.2 Å². The van der Waals surface area contributed by atoms with Crippen molar-refractivity contribution in [2.45, 2.75) is 26.2 Å². The van der Waals surface area contributed by atoms with E-state index in [0.717, 1.165) is 19.3 Å². The molecule has 36 heavy (non-hydrogen) atoms. The predicted molar refractivity (Wildman–Crippen MR) is 128 cm³/mol. The Bertz CT molecular complexity index is 1210. The molecule has 1 aliphatic heterocycles. The summed E-state index contributed by atoms with van der Waals surface area (Å²) in [6.45, 7) is 1.44. The lowest BCUT2D eigenvalue weighted by Gasteiger charge is -2.19. The Morgan fingerprint density at radius 1 is 0.889 bits per heavy atom. The van der Waals surface area contributed by atoms with Crippen molar-refractivity contribution >= 4 is 41.0 Å². The Morgan fingerprint density at radius 2 is 1.53 bits per heavy atom. The van der Waals surface area contributed by atoms with E-state index in [4.69, 9.17) is 9.47 Å². The second-order valence-electron chi connectivity index (χ2n) is 9.37. The van der Waals surface area contributed by atoms with Crippen LogP contribution in [-0.4, -0.2) is 42.9 Å². The highest BCUT2D eigenvalue weighted by atomic mass is 16.5. The quantitative estimate of drug-likeness (QED) is 0.468. The van der Waals surface area contributed by atoms with Crippen LogP contribution in [0.1, 0.15) is 46.9 Å². The number of hydrogen-bond acceptors (Lipinski definition) is 7. The summed E-state index contributed by atoms with van der Waals surface area (Å²) < 4.78 is 10.0. The maximum atomic E-state index is 13.1. The molecular formula is C27H26N2O7. The molecule has 2 bridgehead atoms. The third kappa shape index (κ3) is 4.25. The fourth-order valence-corrected chi connectivity index (χ4v) is 5.75. The van der Waals surface area contributed by atoms with E-state index in [0.29, 0.717) is 16.9 Å². The van der Waals surface area contributed by atoms with Gasteiger partial charge in [-0.3, -0.25) is 19.3 Å². The first kappa shape index (κ1) is 23.7. The molecule has 2 aromatic carbocycles. The highest BCUT2D eigenvalue weighted by molar-refractivity contribution is 6.22. The molecule has 3 fully saturated rings. The van der Waals surface area contributed by atoms with Crippen molar-refractivity contribution in [3.05, 3.63) is 59.7 Å². The minimum absolute atomic E-state index is 0.139. The van der Waals surface area contributed by atoms with E-state index in [1.165, 1.54) is 29.2 Å². The van der Waals surface area contributed by atoms with Gasteiger partial charge in [-0.1, -0.05) is 6.07 Å². The maximum Gasteiger partial charge on any atom is 0.338 e. The van der Waals surface area contributed by atoms with Gasteiger partial charge in [0.15, 0.2) is 6.61 Å². The van der Waals surface area contributed by atoms with Crippen molar-refractivity contribution in [2.75, 3.05) is 23.4 Å². The fourth-order valence-electron chi connectivity index (χ4n) is 5.75. The number of rotatable bonds is 7. The van der Waals surface area contributed by atoms with Gasteiger partial charge in [-0.15, -0.1) is 0 Å². The topological polar surface area (TPSA) is 119 Å². The summed E-state index contributed by atoms with van der Waals surface area (Å²) in [4.78, 5) is 63.9. The van der Waals surface area contributed by atoms with E-state index in [2.05, 4.69) is 5.32 Å². The number of hydrogen-bond donors (Lipinski definition) is 1. The van der Waals surface area contributed by atoms with Crippen molar-refractivity contribution in [2.24, 2.45) is 23.7 Å². The number of amides is 3. The van der Waals surface area contributed by atoms with Crippen molar-refractivity contribution in [3.63, 3.8) is 0 Å². The third-order valence-electron chi connectivity index (χ3n) is 7.28. The average molecular weight is 491 g/mol. The van der Waals surface area contributed by atoms with E-state index in [9.17, 15) is 24.0 Å². The largest absolute Gasteiger partial charge is 0.462 e. The van der Waals surface area contributed by atoms with Crippen LogP contribution in [0.25, 0.3) is 0 Å². The number of nitrogens with one attached hydrogen (secondary N) is 1. The van der Waals surface area contributed by atoms with Gasteiger partial charge in [0.25, 0.3) is 5.91 Å². The Morgan fingerprint density at radius 3 is 2.17 bits per heavy atom. The van der Waals surface area contributed by atoms with Crippen LogP contribution in [0.5, 0.6) is 0 Å². The van der Waals surface area contributed by atoms with Gasteiger partial charge in [-0.2, -0.15) is 0 Å². The zero-order chi connectivity index (χ0) is 25.4. The first-order valence-corrected chi connectivity index (χ1v) is 12.1. The van der Waals surface area contributed by atoms with Crippen molar-refractivity contribution in [1.82, 2.24) is 0 Å². The number of imide groups is 1. The first-order chi connectivity index (χ1) is 17.4. The van der Waals surface area contributed by atoms with Gasteiger partial charge in [-0.05, 0) is 80.5 Å². The molecule has 2 aliphatic carbocycles. The molecule has 1 N–H and O–H groups in total. The Hall–Kier alpha value is -4.01. The van der Waals surface area contributed by atoms with E-state index >= 15 is 0 Å². The number of nitrogens with zero attached hydrogens (tertiary/aromatic N) is 1. The van der Waals surface area contributed by atoms with E-state index < -0.39 is 24.5 Å². The smallest absolute Gasteiger partial charge is 0.338 e. The van der Waals surface area contributed by atoms with Crippen LogP contribution in [0.2, 0.25) is 0 Å². The van der Waals surface area contributed by atoms with Gasteiger partial charge in [-0.25, -0.2) is 9.59 Å². The molecule has 0 unspecified atom stereocenters. The number of carbonyl (C=O) groups excluding carboxylic acids is 5. The van der Waals surface area contributed by atoms with Gasteiger partial charge < -0.3 is 14.8 Å². The van der Waals surface area contributed by atoms with E-state index in [1.54, 1.807) is 31.2 Å². The number of carbonyl (C=O) groups is 5. The Labute approximate surface area is 207 Å². The second-order valence-corrected chi connectivity index (χ2v) is 9.37. The number of ether oxygens (including phenoxy) is 2. The normalized spacial score (nSPS) is 24.0. The molecule has 3 aliphatic rings. The molecule has 9 nitrogen and oxygen atoms in total. The summed E-state index contributed by atoms with van der Waals surface area (Å²) in [7, 11) is 0. The van der Waals surface area contributed by atoms with E-state index in [-0.39, 0.29) is 47.7 Å². The molecule has 1 saturated heterocycles. The van der Waals surface area contributed by atoms with Crippen LogP contribution in [0, 0.1) is 23.7 Å². The molecule has 186 valence electrons. The molecule has 1 heterocycles. The lowest BCUT2D eigenvalue weighted by atomic mass is 9.81. The molecule has 3 amide bonds.